The van der Waals surface area contributed by atoms with Crippen molar-refractivity contribution in [3.8, 4) is 17.6 Å². The van der Waals surface area contributed by atoms with E-state index in [1.807, 2.05) is 6.07 Å². The zero-order valence-electron chi connectivity index (χ0n) is 11.4. The Bertz CT molecular complexity index is 783. The number of ether oxygens (including phenoxy) is 2. The lowest BCUT2D eigenvalue weighted by Crippen LogP contribution is -2.25. The Balaban J connectivity index is 1.85. The van der Waals surface area contributed by atoms with E-state index in [4.69, 9.17) is 14.7 Å². The number of benzene rings is 2. The first-order chi connectivity index (χ1) is 10.7. The topological polar surface area (TPSA) is 71.3 Å². The third-order valence-corrected chi connectivity index (χ3v) is 3.18. The predicted octanol–water partition coefficient (Wildman–Crippen LogP) is 2.61. The van der Waals surface area contributed by atoms with Gasteiger partial charge in [-0.2, -0.15) is 5.26 Å². The molecule has 110 valence electrons. The van der Waals surface area contributed by atoms with Crippen LogP contribution in [0.25, 0.3) is 0 Å². The van der Waals surface area contributed by atoms with Crippen molar-refractivity contribution >= 4 is 11.6 Å². The summed E-state index contributed by atoms with van der Waals surface area (Å²) in [7, 11) is 0. The van der Waals surface area contributed by atoms with Gasteiger partial charge in [-0.1, -0.05) is 6.07 Å². The van der Waals surface area contributed by atoms with E-state index in [-0.39, 0.29) is 19.1 Å². The van der Waals surface area contributed by atoms with E-state index in [1.165, 1.54) is 18.2 Å². The van der Waals surface area contributed by atoms with Gasteiger partial charge in [0.1, 0.15) is 29.6 Å². The van der Waals surface area contributed by atoms with Crippen molar-refractivity contribution in [2.24, 2.45) is 0 Å². The third-order valence-electron chi connectivity index (χ3n) is 3.18. The molecule has 2 aromatic carbocycles. The van der Waals surface area contributed by atoms with Crippen LogP contribution in [0, 0.1) is 17.1 Å². The highest BCUT2D eigenvalue weighted by Crippen LogP contribution is 2.36. The van der Waals surface area contributed by atoms with Crippen LogP contribution >= 0.6 is 0 Å². The van der Waals surface area contributed by atoms with E-state index >= 15 is 0 Å². The second-order valence-corrected chi connectivity index (χ2v) is 4.67. The summed E-state index contributed by atoms with van der Waals surface area (Å²) >= 11 is 0. The number of carbonyl (C=O) groups excluding carboxylic acids is 1. The number of amides is 1. The molecule has 1 amide bonds. The number of hydrogen-bond acceptors (Lipinski definition) is 4. The standard InChI is InChI=1S/C16H11FN2O3/c17-12-5-4-10(7-18)11(6-12)8-21-13-2-1-3-14-16(13)19-15(20)9-22-14/h1-6H,8-9H2,(H,19,20). The normalized spacial score (nSPS) is 12.6. The van der Waals surface area contributed by atoms with Gasteiger partial charge in [-0.25, -0.2) is 4.39 Å². The van der Waals surface area contributed by atoms with Crippen molar-refractivity contribution in [3.05, 3.63) is 53.3 Å². The first-order valence-corrected chi connectivity index (χ1v) is 6.54. The van der Waals surface area contributed by atoms with E-state index in [0.29, 0.717) is 28.3 Å². The van der Waals surface area contributed by atoms with E-state index in [9.17, 15) is 9.18 Å². The Labute approximate surface area is 125 Å². The van der Waals surface area contributed by atoms with Crippen LogP contribution < -0.4 is 14.8 Å². The van der Waals surface area contributed by atoms with Gasteiger partial charge in [0.15, 0.2) is 6.61 Å². The number of nitriles is 1. The molecular weight excluding hydrogens is 287 g/mol. The fourth-order valence-electron chi connectivity index (χ4n) is 2.14. The number of rotatable bonds is 3. The van der Waals surface area contributed by atoms with Gasteiger partial charge in [0.25, 0.3) is 5.91 Å². The molecule has 1 heterocycles. The molecule has 0 unspecified atom stereocenters. The van der Waals surface area contributed by atoms with E-state index in [2.05, 4.69) is 5.32 Å². The van der Waals surface area contributed by atoms with Crippen LogP contribution in [0.4, 0.5) is 10.1 Å². The number of carbonyl (C=O) groups is 1. The third kappa shape index (κ3) is 2.69. The van der Waals surface area contributed by atoms with Crippen molar-refractivity contribution in [3.63, 3.8) is 0 Å². The number of nitrogens with one attached hydrogen (secondary N) is 1. The Kier molecular flexibility index (Phi) is 3.62. The second kappa shape index (κ2) is 5.74. The second-order valence-electron chi connectivity index (χ2n) is 4.67. The van der Waals surface area contributed by atoms with Crippen molar-refractivity contribution in [2.75, 3.05) is 11.9 Å². The first kappa shape index (κ1) is 13.9. The lowest BCUT2D eigenvalue weighted by molar-refractivity contribution is -0.118. The zero-order valence-corrected chi connectivity index (χ0v) is 11.4. The van der Waals surface area contributed by atoms with Gasteiger partial charge in [0.2, 0.25) is 0 Å². The summed E-state index contributed by atoms with van der Waals surface area (Å²) in [5.74, 6) is 0.201. The highest BCUT2D eigenvalue weighted by molar-refractivity contribution is 5.97. The van der Waals surface area contributed by atoms with Crippen molar-refractivity contribution in [1.29, 1.82) is 5.26 Å². The minimum atomic E-state index is -0.440. The number of nitrogens with zero attached hydrogens (tertiary/aromatic N) is 1. The maximum Gasteiger partial charge on any atom is 0.262 e. The van der Waals surface area contributed by atoms with Crippen LogP contribution in [-0.4, -0.2) is 12.5 Å². The summed E-state index contributed by atoms with van der Waals surface area (Å²) in [4.78, 5) is 11.4. The Morgan fingerprint density at radius 2 is 2.23 bits per heavy atom. The zero-order chi connectivity index (χ0) is 15.5. The molecule has 0 atom stereocenters. The summed E-state index contributed by atoms with van der Waals surface area (Å²) in [5, 5.41) is 11.7. The number of hydrogen-bond donors (Lipinski definition) is 1. The molecule has 0 aromatic heterocycles. The highest BCUT2D eigenvalue weighted by Gasteiger charge is 2.20. The molecule has 2 aromatic rings. The van der Waals surface area contributed by atoms with Crippen LogP contribution in [0.2, 0.25) is 0 Å². The number of halogens is 1. The monoisotopic (exact) mass is 298 g/mol. The van der Waals surface area contributed by atoms with Crippen LogP contribution in [-0.2, 0) is 11.4 Å². The summed E-state index contributed by atoms with van der Waals surface area (Å²) < 4.78 is 24.2. The van der Waals surface area contributed by atoms with Crippen LogP contribution in [0.1, 0.15) is 11.1 Å². The summed E-state index contributed by atoms with van der Waals surface area (Å²) in [6.07, 6.45) is 0. The average Bonchev–Trinajstić information content (AvgIpc) is 2.53. The van der Waals surface area contributed by atoms with Crippen LogP contribution in [0.5, 0.6) is 11.5 Å². The van der Waals surface area contributed by atoms with Gasteiger partial charge >= 0.3 is 0 Å². The highest BCUT2D eigenvalue weighted by atomic mass is 19.1. The number of anilines is 1. The molecule has 0 aliphatic carbocycles. The van der Waals surface area contributed by atoms with Crippen molar-refractivity contribution < 1.29 is 18.7 Å². The quantitative estimate of drug-likeness (QED) is 0.945. The lowest BCUT2D eigenvalue weighted by atomic mass is 10.1. The van der Waals surface area contributed by atoms with Crippen molar-refractivity contribution in [2.45, 2.75) is 6.61 Å². The predicted molar refractivity (Wildman–Crippen MR) is 76.0 cm³/mol. The molecule has 0 spiro atoms. The smallest absolute Gasteiger partial charge is 0.262 e. The van der Waals surface area contributed by atoms with Crippen LogP contribution in [0.3, 0.4) is 0 Å². The molecule has 1 aliphatic heterocycles. The number of fused-ring (bicyclic) bond motifs is 1. The average molecular weight is 298 g/mol. The summed E-state index contributed by atoms with van der Waals surface area (Å²) in [6, 6.07) is 11.0. The molecule has 0 radical (unpaired) electrons. The molecule has 5 nitrogen and oxygen atoms in total. The van der Waals surface area contributed by atoms with E-state index in [1.54, 1.807) is 18.2 Å². The summed E-state index contributed by atoms with van der Waals surface area (Å²) in [5.41, 5.74) is 1.21. The largest absolute Gasteiger partial charge is 0.487 e. The SMILES string of the molecule is N#Cc1ccc(F)cc1COc1cccc2c1NC(=O)CO2. The fourth-order valence-corrected chi connectivity index (χ4v) is 2.14. The van der Waals surface area contributed by atoms with Gasteiger partial charge < -0.3 is 14.8 Å². The molecule has 3 rings (SSSR count). The molecule has 1 N–H and O–H groups in total. The van der Waals surface area contributed by atoms with E-state index in [0.717, 1.165) is 0 Å². The number of para-hydroxylation sites is 1. The van der Waals surface area contributed by atoms with Crippen LogP contribution in [0.15, 0.2) is 36.4 Å². The molecule has 22 heavy (non-hydrogen) atoms. The van der Waals surface area contributed by atoms with Crippen molar-refractivity contribution in [1.82, 2.24) is 0 Å². The lowest BCUT2D eigenvalue weighted by Gasteiger charge is -2.20. The molecule has 0 fully saturated rings. The molecule has 0 saturated carbocycles. The maximum absolute atomic E-state index is 13.3. The molecule has 0 bridgehead atoms. The Hall–Kier alpha value is -3.07. The van der Waals surface area contributed by atoms with Gasteiger partial charge in [-0.3, -0.25) is 4.79 Å². The minimum Gasteiger partial charge on any atom is -0.487 e. The fraction of sp³-hybridized carbons (Fsp3) is 0.125. The molecule has 0 saturated heterocycles. The molecule has 6 heteroatoms. The van der Waals surface area contributed by atoms with Gasteiger partial charge in [0, 0.05) is 5.56 Å². The Morgan fingerprint density at radius 3 is 3.05 bits per heavy atom. The van der Waals surface area contributed by atoms with Gasteiger partial charge in [0.05, 0.1) is 11.6 Å². The van der Waals surface area contributed by atoms with E-state index < -0.39 is 5.82 Å². The van der Waals surface area contributed by atoms with Gasteiger partial charge in [-0.05, 0) is 30.3 Å². The maximum atomic E-state index is 13.3. The first-order valence-electron chi connectivity index (χ1n) is 6.54. The molecular formula is C16H11FN2O3. The Morgan fingerprint density at radius 1 is 1.36 bits per heavy atom. The molecule has 1 aliphatic rings. The summed E-state index contributed by atoms with van der Waals surface area (Å²) in [6.45, 7) is -0.0358. The minimum absolute atomic E-state index is 0.00692. The van der Waals surface area contributed by atoms with Gasteiger partial charge in [-0.15, -0.1) is 0 Å².